The first-order valence-corrected chi connectivity index (χ1v) is 11.7. The van der Waals surface area contributed by atoms with Crippen LogP contribution in [0.1, 0.15) is 5.69 Å². The van der Waals surface area contributed by atoms with Crippen molar-refractivity contribution < 1.29 is 17.9 Å². The highest BCUT2D eigenvalue weighted by atomic mass is 35.5. The Bertz CT molecular complexity index is 1710. The van der Waals surface area contributed by atoms with E-state index in [9.17, 15) is 18.0 Å². The fourth-order valence-corrected chi connectivity index (χ4v) is 4.51. The third kappa shape index (κ3) is 4.10. The molecule has 34 heavy (non-hydrogen) atoms. The van der Waals surface area contributed by atoms with Gasteiger partial charge in [-0.05, 0) is 24.3 Å². The van der Waals surface area contributed by atoms with Gasteiger partial charge in [-0.3, -0.25) is 9.78 Å². The van der Waals surface area contributed by atoms with Gasteiger partial charge in [-0.2, -0.15) is 18.9 Å². The van der Waals surface area contributed by atoms with Gasteiger partial charge in [0.25, 0.3) is 5.56 Å². The number of rotatable bonds is 5. The highest BCUT2D eigenvalue weighted by Crippen LogP contribution is 2.39. The summed E-state index contributed by atoms with van der Waals surface area (Å²) >= 11 is 12.6. The SMILES string of the molecule is COc1nc2ccc(Oc3c(Cl)cc(-n4nc(C#N)c(=O)[nH]c4=O)cc3Cl)cc2n1S(C)(=O)=O. The third-order valence-corrected chi connectivity index (χ3v) is 6.03. The number of nitrogens with zero attached hydrogens (tertiary/aromatic N) is 5. The van der Waals surface area contributed by atoms with Crippen molar-refractivity contribution in [1.82, 2.24) is 23.7 Å². The van der Waals surface area contributed by atoms with Crippen LogP contribution < -0.4 is 20.7 Å². The zero-order valence-corrected chi connectivity index (χ0v) is 19.6. The number of nitriles is 1. The average molecular weight is 523 g/mol. The molecule has 0 saturated heterocycles. The summed E-state index contributed by atoms with van der Waals surface area (Å²) in [6, 6.07) is 8.50. The average Bonchev–Trinajstić information content (AvgIpc) is 3.14. The summed E-state index contributed by atoms with van der Waals surface area (Å²) in [7, 11) is -2.45. The van der Waals surface area contributed by atoms with E-state index in [0.29, 0.717) is 5.52 Å². The topological polar surface area (TPSA) is 162 Å². The molecule has 2 aromatic carbocycles. The van der Waals surface area contributed by atoms with Crippen molar-refractivity contribution in [1.29, 1.82) is 5.26 Å². The van der Waals surface area contributed by atoms with Gasteiger partial charge in [0.1, 0.15) is 11.8 Å². The van der Waals surface area contributed by atoms with E-state index in [1.807, 2.05) is 4.98 Å². The predicted molar refractivity (Wildman–Crippen MR) is 122 cm³/mol. The Kier molecular flexibility index (Phi) is 5.82. The highest BCUT2D eigenvalue weighted by molar-refractivity contribution is 7.89. The fraction of sp³-hybridized carbons (Fsp3) is 0.105. The second-order valence-corrected chi connectivity index (χ2v) is 9.39. The Balaban J connectivity index is 1.79. The van der Waals surface area contributed by atoms with Crippen LogP contribution in [0.5, 0.6) is 17.5 Å². The molecule has 0 aliphatic carbocycles. The minimum absolute atomic E-state index is 0.00167. The van der Waals surface area contributed by atoms with E-state index in [1.165, 1.54) is 37.4 Å². The minimum atomic E-state index is -3.75. The summed E-state index contributed by atoms with van der Waals surface area (Å²) in [6.45, 7) is 0. The molecule has 0 fully saturated rings. The summed E-state index contributed by atoms with van der Waals surface area (Å²) in [4.78, 5) is 29.8. The van der Waals surface area contributed by atoms with E-state index < -0.39 is 27.0 Å². The van der Waals surface area contributed by atoms with E-state index in [-0.39, 0.29) is 38.8 Å². The maximum atomic E-state index is 12.2. The molecule has 0 atom stereocenters. The third-order valence-electron chi connectivity index (χ3n) is 4.45. The van der Waals surface area contributed by atoms with Crippen LogP contribution >= 0.6 is 23.2 Å². The lowest BCUT2D eigenvalue weighted by molar-refractivity contribution is 0.379. The second kappa shape index (κ2) is 8.49. The Morgan fingerprint density at radius 1 is 1.15 bits per heavy atom. The lowest BCUT2D eigenvalue weighted by atomic mass is 10.2. The number of aromatic nitrogens is 5. The van der Waals surface area contributed by atoms with Gasteiger partial charge in [0.2, 0.25) is 15.7 Å². The minimum Gasteiger partial charge on any atom is -0.467 e. The van der Waals surface area contributed by atoms with Crippen molar-refractivity contribution in [3.05, 3.63) is 66.9 Å². The summed E-state index contributed by atoms with van der Waals surface area (Å²) < 4.78 is 36.9. The van der Waals surface area contributed by atoms with Crippen molar-refractivity contribution >= 4 is 44.3 Å². The van der Waals surface area contributed by atoms with Crippen LogP contribution in [0, 0.1) is 11.3 Å². The molecule has 0 aliphatic heterocycles. The number of aromatic amines is 1. The highest BCUT2D eigenvalue weighted by Gasteiger charge is 2.21. The molecule has 12 nitrogen and oxygen atoms in total. The number of methoxy groups -OCH3 is 1. The van der Waals surface area contributed by atoms with E-state index in [0.717, 1.165) is 14.9 Å². The maximum absolute atomic E-state index is 12.2. The Hall–Kier alpha value is -3.86. The van der Waals surface area contributed by atoms with Crippen LogP contribution in [0.25, 0.3) is 16.7 Å². The molecule has 0 unspecified atom stereocenters. The molecule has 174 valence electrons. The molecule has 4 rings (SSSR count). The molecule has 4 aromatic rings. The smallest absolute Gasteiger partial charge is 0.349 e. The molecule has 0 saturated carbocycles. The zero-order valence-electron chi connectivity index (χ0n) is 17.2. The van der Waals surface area contributed by atoms with Crippen LogP contribution in [0.4, 0.5) is 0 Å². The lowest BCUT2D eigenvalue weighted by Crippen LogP contribution is -2.33. The zero-order chi connectivity index (χ0) is 24.8. The molecule has 0 radical (unpaired) electrons. The van der Waals surface area contributed by atoms with Gasteiger partial charge in [-0.15, -0.1) is 5.10 Å². The largest absolute Gasteiger partial charge is 0.467 e. The fourth-order valence-electron chi connectivity index (χ4n) is 3.06. The quantitative estimate of drug-likeness (QED) is 0.413. The second-order valence-electron chi connectivity index (χ2n) is 6.75. The molecular weight excluding hydrogens is 511 g/mol. The van der Waals surface area contributed by atoms with Gasteiger partial charge < -0.3 is 9.47 Å². The van der Waals surface area contributed by atoms with Crippen LogP contribution in [0.15, 0.2) is 39.9 Å². The number of nitrogens with one attached hydrogen (secondary N) is 1. The number of imidazole rings is 1. The number of ether oxygens (including phenoxy) is 2. The van der Waals surface area contributed by atoms with Crippen LogP contribution in [-0.4, -0.2) is 45.5 Å². The summed E-state index contributed by atoms with van der Waals surface area (Å²) in [5.74, 6) is 0.185. The predicted octanol–water partition coefficient (Wildman–Crippen LogP) is 2.06. The molecule has 0 bridgehead atoms. The maximum Gasteiger partial charge on any atom is 0.349 e. The number of benzene rings is 2. The molecule has 1 N–H and O–H groups in total. The van der Waals surface area contributed by atoms with E-state index in [2.05, 4.69) is 10.1 Å². The van der Waals surface area contributed by atoms with Crippen molar-refractivity contribution in [3.8, 4) is 29.3 Å². The van der Waals surface area contributed by atoms with Crippen molar-refractivity contribution in [2.75, 3.05) is 13.4 Å². The van der Waals surface area contributed by atoms with Gasteiger partial charge in [-0.25, -0.2) is 13.2 Å². The number of halogens is 2. The number of hydrogen-bond donors (Lipinski definition) is 1. The number of H-pyrrole nitrogens is 1. The molecule has 0 amide bonds. The molecule has 2 aromatic heterocycles. The lowest BCUT2D eigenvalue weighted by Gasteiger charge is -2.12. The van der Waals surface area contributed by atoms with Gasteiger partial charge >= 0.3 is 11.7 Å². The summed E-state index contributed by atoms with van der Waals surface area (Å²) in [5, 5.41) is 12.6. The molecule has 0 spiro atoms. The number of fused-ring (bicyclic) bond motifs is 1. The normalized spacial score (nSPS) is 11.4. The molecule has 15 heteroatoms. The number of hydrogen-bond acceptors (Lipinski definition) is 9. The Labute approximate surface area is 200 Å². The van der Waals surface area contributed by atoms with Crippen LogP contribution in [0.2, 0.25) is 10.0 Å². The first kappa shape index (κ1) is 23.3. The van der Waals surface area contributed by atoms with Gasteiger partial charge in [-0.1, -0.05) is 23.2 Å². The Morgan fingerprint density at radius 2 is 1.82 bits per heavy atom. The summed E-state index contributed by atoms with van der Waals surface area (Å²) in [6.07, 6.45) is 1.00. The first-order valence-electron chi connectivity index (χ1n) is 9.11. The van der Waals surface area contributed by atoms with Crippen LogP contribution in [0.3, 0.4) is 0 Å². The van der Waals surface area contributed by atoms with Gasteiger partial charge in [0.05, 0.1) is 40.1 Å². The molecule has 2 heterocycles. The molecule has 0 aliphatic rings. The van der Waals surface area contributed by atoms with Crippen LogP contribution in [-0.2, 0) is 10.0 Å². The van der Waals surface area contributed by atoms with E-state index in [4.69, 9.17) is 37.9 Å². The Morgan fingerprint density at radius 3 is 2.41 bits per heavy atom. The van der Waals surface area contributed by atoms with E-state index >= 15 is 0 Å². The van der Waals surface area contributed by atoms with Crippen molar-refractivity contribution in [3.63, 3.8) is 0 Å². The summed E-state index contributed by atoms with van der Waals surface area (Å²) in [5.41, 5.74) is -1.75. The van der Waals surface area contributed by atoms with Gasteiger partial charge in [0, 0.05) is 6.07 Å². The van der Waals surface area contributed by atoms with Crippen molar-refractivity contribution in [2.24, 2.45) is 0 Å². The molecular formula is C19H12Cl2N6O6S. The van der Waals surface area contributed by atoms with E-state index in [1.54, 1.807) is 6.07 Å². The van der Waals surface area contributed by atoms with Gasteiger partial charge in [0.15, 0.2) is 5.75 Å². The first-order chi connectivity index (χ1) is 16.0. The standard InChI is InChI=1S/C19H12Cl2N6O6S/c1-32-19-23-13-4-3-10(7-15(13)27(19)34(2,30)31)33-16-11(20)5-9(6-12(16)21)26-18(29)24-17(28)14(8-22)25-26/h3-7H,1-2H3,(H,24,28,29). The monoisotopic (exact) mass is 522 g/mol. The van der Waals surface area contributed by atoms with Crippen molar-refractivity contribution in [2.45, 2.75) is 0 Å².